The highest BCUT2D eigenvalue weighted by Gasteiger charge is 2.40. The maximum atomic E-state index is 12.1. The fourth-order valence-corrected chi connectivity index (χ4v) is 3.59. The largest absolute Gasteiger partial charge is 0.272 e. The summed E-state index contributed by atoms with van der Waals surface area (Å²) in [6.07, 6.45) is 0. The molecule has 0 radical (unpaired) electrons. The molecule has 1 unspecified atom stereocenters. The second kappa shape index (κ2) is 4.19. The van der Waals surface area contributed by atoms with Crippen LogP contribution in [0.4, 0.5) is 5.69 Å². The molecule has 1 aromatic carbocycles. The first-order valence-electron chi connectivity index (χ1n) is 5.11. The third-order valence-electron chi connectivity index (χ3n) is 2.81. The number of benzene rings is 1. The van der Waals surface area contributed by atoms with Crippen molar-refractivity contribution in [2.45, 2.75) is 0 Å². The average Bonchev–Trinajstić information content (AvgIpc) is 2.83. The predicted molar refractivity (Wildman–Crippen MR) is 72.2 cm³/mol. The van der Waals surface area contributed by atoms with Gasteiger partial charge in [0.1, 0.15) is 0 Å². The molecule has 0 aromatic heterocycles. The van der Waals surface area contributed by atoms with Crippen LogP contribution in [-0.4, -0.2) is 23.1 Å². The summed E-state index contributed by atoms with van der Waals surface area (Å²) >= 11 is 13.6. The topological polar surface area (TPSA) is 32.7 Å². The van der Waals surface area contributed by atoms with Gasteiger partial charge in [-0.05, 0) is 18.2 Å². The standard InChI is InChI=1S/C11H8Cl2N2OS/c12-6-1-2-10(8(13)3-6)15-11(16)7-4-17-5-9(7)14-15/h1-3,7H,4-5H2. The van der Waals surface area contributed by atoms with Crippen molar-refractivity contribution in [3.8, 4) is 0 Å². The number of fused-ring (bicyclic) bond motifs is 1. The summed E-state index contributed by atoms with van der Waals surface area (Å²) in [5.41, 5.74) is 1.55. The first-order chi connectivity index (χ1) is 8.16. The van der Waals surface area contributed by atoms with Gasteiger partial charge in [-0.25, -0.2) is 0 Å². The number of carbonyl (C=O) groups excluding carboxylic acids is 1. The van der Waals surface area contributed by atoms with E-state index < -0.39 is 0 Å². The van der Waals surface area contributed by atoms with Crippen LogP contribution in [0, 0.1) is 5.92 Å². The lowest BCUT2D eigenvalue weighted by molar-refractivity contribution is -0.119. The second-order valence-corrected chi connectivity index (χ2v) is 5.78. The molecule has 2 aliphatic heterocycles. The molecular formula is C11H8Cl2N2OS. The van der Waals surface area contributed by atoms with Gasteiger partial charge in [0, 0.05) is 16.5 Å². The van der Waals surface area contributed by atoms with Crippen LogP contribution in [0.2, 0.25) is 10.0 Å². The smallest absolute Gasteiger partial charge is 0.257 e. The van der Waals surface area contributed by atoms with E-state index in [9.17, 15) is 4.79 Å². The number of hydrogen-bond acceptors (Lipinski definition) is 3. The van der Waals surface area contributed by atoms with Crippen molar-refractivity contribution < 1.29 is 4.79 Å². The zero-order valence-corrected chi connectivity index (χ0v) is 11.0. The van der Waals surface area contributed by atoms with Crippen molar-refractivity contribution in [2.24, 2.45) is 11.0 Å². The highest BCUT2D eigenvalue weighted by molar-refractivity contribution is 8.00. The second-order valence-electron chi connectivity index (χ2n) is 3.90. The van der Waals surface area contributed by atoms with Crippen LogP contribution in [0.5, 0.6) is 0 Å². The molecule has 2 aliphatic rings. The molecule has 1 fully saturated rings. The molecule has 2 heterocycles. The van der Waals surface area contributed by atoms with Crippen LogP contribution < -0.4 is 5.01 Å². The Morgan fingerprint density at radius 2 is 2.24 bits per heavy atom. The van der Waals surface area contributed by atoms with Crippen LogP contribution >= 0.6 is 35.0 Å². The summed E-state index contributed by atoms with van der Waals surface area (Å²) in [7, 11) is 0. The van der Waals surface area contributed by atoms with E-state index in [0.717, 1.165) is 17.2 Å². The highest BCUT2D eigenvalue weighted by atomic mass is 35.5. The Morgan fingerprint density at radius 3 is 2.94 bits per heavy atom. The van der Waals surface area contributed by atoms with E-state index >= 15 is 0 Å². The van der Waals surface area contributed by atoms with Crippen LogP contribution in [0.25, 0.3) is 0 Å². The zero-order valence-electron chi connectivity index (χ0n) is 8.69. The molecule has 0 bridgehead atoms. The minimum Gasteiger partial charge on any atom is -0.272 e. The number of amides is 1. The van der Waals surface area contributed by atoms with Gasteiger partial charge in [-0.15, -0.1) is 0 Å². The van der Waals surface area contributed by atoms with E-state index in [1.165, 1.54) is 5.01 Å². The van der Waals surface area contributed by atoms with Crippen LogP contribution in [0.3, 0.4) is 0 Å². The first-order valence-corrected chi connectivity index (χ1v) is 7.02. The maximum Gasteiger partial charge on any atom is 0.257 e. The summed E-state index contributed by atoms with van der Waals surface area (Å²) in [4.78, 5) is 12.1. The van der Waals surface area contributed by atoms with E-state index in [-0.39, 0.29) is 11.8 Å². The van der Waals surface area contributed by atoms with E-state index in [4.69, 9.17) is 23.2 Å². The molecule has 88 valence electrons. The van der Waals surface area contributed by atoms with Crippen molar-refractivity contribution in [1.82, 2.24) is 0 Å². The molecule has 1 atom stereocenters. The van der Waals surface area contributed by atoms with E-state index in [2.05, 4.69) is 5.10 Å². The van der Waals surface area contributed by atoms with E-state index in [1.807, 2.05) is 0 Å². The minimum absolute atomic E-state index is 0.00854. The average molecular weight is 287 g/mol. The van der Waals surface area contributed by atoms with Crippen LogP contribution in [0.15, 0.2) is 23.3 Å². The van der Waals surface area contributed by atoms with Gasteiger partial charge < -0.3 is 0 Å². The number of anilines is 1. The van der Waals surface area contributed by atoms with Gasteiger partial charge in [0.2, 0.25) is 0 Å². The molecule has 6 heteroatoms. The summed E-state index contributed by atoms with van der Waals surface area (Å²) in [5.74, 6) is 1.60. The van der Waals surface area contributed by atoms with Crippen molar-refractivity contribution in [1.29, 1.82) is 0 Å². The Balaban J connectivity index is 2.00. The van der Waals surface area contributed by atoms with Crippen molar-refractivity contribution in [3.05, 3.63) is 28.2 Å². The first kappa shape index (κ1) is 11.4. The molecule has 0 saturated carbocycles. The quantitative estimate of drug-likeness (QED) is 0.795. The third kappa shape index (κ3) is 1.84. The molecule has 17 heavy (non-hydrogen) atoms. The van der Waals surface area contributed by atoms with Gasteiger partial charge >= 0.3 is 0 Å². The third-order valence-corrected chi connectivity index (χ3v) is 4.42. The highest BCUT2D eigenvalue weighted by Crippen LogP contribution is 2.36. The summed E-state index contributed by atoms with van der Waals surface area (Å²) < 4.78 is 0. The molecule has 1 saturated heterocycles. The molecule has 0 N–H and O–H groups in total. The lowest BCUT2D eigenvalue weighted by atomic mass is 10.1. The van der Waals surface area contributed by atoms with Crippen molar-refractivity contribution in [2.75, 3.05) is 16.5 Å². The molecule has 3 nitrogen and oxygen atoms in total. The molecular weight excluding hydrogens is 279 g/mol. The SMILES string of the molecule is O=C1C2CSCC2=NN1c1ccc(Cl)cc1Cl. The van der Waals surface area contributed by atoms with Gasteiger partial charge in [-0.2, -0.15) is 21.9 Å². The van der Waals surface area contributed by atoms with Crippen molar-refractivity contribution in [3.63, 3.8) is 0 Å². The van der Waals surface area contributed by atoms with Gasteiger partial charge in [-0.3, -0.25) is 4.79 Å². The molecule has 3 rings (SSSR count). The minimum atomic E-state index is -0.0632. The Hall–Kier alpha value is -0.710. The van der Waals surface area contributed by atoms with Crippen molar-refractivity contribution >= 4 is 52.3 Å². The van der Waals surface area contributed by atoms with Gasteiger partial charge in [0.25, 0.3) is 5.91 Å². The number of thioether (sulfide) groups is 1. The van der Waals surface area contributed by atoms with Gasteiger partial charge in [-0.1, -0.05) is 23.2 Å². The fraction of sp³-hybridized carbons (Fsp3) is 0.273. The number of hydrazone groups is 1. The normalized spacial score (nSPS) is 22.9. The van der Waals surface area contributed by atoms with E-state index in [0.29, 0.717) is 15.7 Å². The summed E-state index contributed by atoms with van der Waals surface area (Å²) in [6.45, 7) is 0. The maximum absolute atomic E-state index is 12.1. The number of nitrogens with zero attached hydrogens (tertiary/aromatic N) is 2. The van der Waals surface area contributed by atoms with Gasteiger partial charge in [0.05, 0.1) is 22.3 Å². The molecule has 1 amide bonds. The monoisotopic (exact) mass is 286 g/mol. The van der Waals surface area contributed by atoms with E-state index in [1.54, 1.807) is 30.0 Å². The summed E-state index contributed by atoms with van der Waals surface area (Å²) in [6, 6.07) is 5.05. The Labute approximate surface area is 113 Å². The summed E-state index contributed by atoms with van der Waals surface area (Å²) in [5, 5.41) is 6.74. The number of hydrogen-bond donors (Lipinski definition) is 0. The van der Waals surface area contributed by atoms with Crippen LogP contribution in [-0.2, 0) is 4.79 Å². The lowest BCUT2D eigenvalue weighted by Gasteiger charge is -2.15. The fourth-order valence-electron chi connectivity index (χ4n) is 1.94. The molecule has 1 aromatic rings. The zero-order chi connectivity index (χ0) is 12.0. The Morgan fingerprint density at radius 1 is 1.41 bits per heavy atom. The number of carbonyl (C=O) groups is 1. The number of rotatable bonds is 1. The molecule has 0 spiro atoms. The van der Waals surface area contributed by atoms with Gasteiger partial charge in [0.15, 0.2) is 0 Å². The Bertz CT molecular complexity index is 532. The predicted octanol–water partition coefficient (Wildman–Crippen LogP) is 3.06. The lowest BCUT2D eigenvalue weighted by Crippen LogP contribution is -2.27. The number of halogens is 2. The van der Waals surface area contributed by atoms with Crippen LogP contribution in [0.1, 0.15) is 0 Å². The molecule has 0 aliphatic carbocycles. The Kier molecular flexibility index (Phi) is 2.81.